The van der Waals surface area contributed by atoms with E-state index in [4.69, 9.17) is 13.9 Å². The molecule has 0 bridgehead atoms. The summed E-state index contributed by atoms with van der Waals surface area (Å²) >= 11 is 0. The second-order valence-electron chi connectivity index (χ2n) is 7.87. The standard InChI is InChI=1S/C25H28N2O4/c1-18-6-7-19(2)24(14-18)30-17-22-8-9-23(31-22)25(28)26-21-5-3-4-20(15-21)16-27-10-12-29-13-11-27/h3-9,14-15H,10-13,16-17H2,1-2H3,(H,26,28). The average Bonchev–Trinajstić information content (AvgIpc) is 3.25. The van der Waals surface area contributed by atoms with Crippen LogP contribution in [0.4, 0.5) is 5.69 Å². The van der Waals surface area contributed by atoms with Gasteiger partial charge in [-0.3, -0.25) is 9.69 Å². The van der Waals surface area contributed by atoms with Crippen molar-refractivity contribution >= 4 is 11.6 Å². The van der Waals surface area contributed by atoms with Crippen LogP contribution in [0, 0.1) is 13.8 Å². The molecule has 0 spiro atoms. The van der Waals surface area contributed by atoms with Crippen LogP contribution in [-0.2, 0) is 17.9 Å². The van der Waals surface area contributed by atoms with Crippen molar-refractivity contribution in [1.82, 2.24) is 4.90 Å². The molecule has 0 aliphatic carbocycles. The molecule has 0 radical (unpaired) electrons. The second-order valence-corrected chi connectivity index (χ2v) is 7.87. The number of nitrogens with one attached hydrogen (secondary N) is 1. The highest BCUT2D eigenvalue weighted by atomic mass is 16.5. The van der Waals surface area contributed by atoms with E-state index in [1.165, 1.54) is 0 Å². The van der Waals surface area contributed by atoms with Gasteiger partial charge in [0.05, 0.1) is 13.2 Å². The minimum Gasteiger partial charge on any atom is -0.485 e. The predicted octanol–water partition coefficient (Wildman–Crippen LogP) is 4.56. The van der Waals surface area contributed by atoms with Crippen molar-refractivity contribution in [2.24, 2.45) is 0 Å². The lowest BCUT2D eigenvalue weighted by Gasteiger charge is -2.26. The van der Waals surface area contributed by atoms with Crippen molar-refractivity contribution in [2.75, 3.05) is 31.6 Å². The molecule has 6 nitrogen and oxygen atoms in total. The van der Waals surface area contributed by atoms with E-state index in [9.17, 15) is 4.79 Å². The summed E-state index contributed by atoms with van der Waals surface area (Å²) in [6.07, 6.45) is 0. The first kappa shape index (κ1) is 21.2. The van der Waals surface area contributed by atoms with Crippen molar-refractivity contribution in [1.29, 1.82) is 0 Å². The zero-order valence-electron chi connectivity index (χ0n) is 18.0. The maximum Gasteiger partial charge on any atom is 0.291 e. The third kappa shape index (κ3) is 5.75. The Balaban J connectivity index is 1.34. The fourth-order valence-corrected chi connectivity index (χ4v) is 3.55. The SMILES string of the molecule is Cc1ccc(C)c(OCc2ccc(C(=O)Nc3cccc(CN4CCOCC4)c3)o2)c1. The van der Waals surface area contributed by atoms with Gasteiger partial charge in [-0.25, -0.2) is 0 Å². The van der Waals surface area contributed by atoms with Gasteiger partial charge in [-0.2, -0.15) is 0 Å². The first-order valence-electron chi connectivity index (χ1n) is 10.6. The summed E-state index contributed by atoms with van der Waals surface area (Å²) in [5.74, 6) is 1.41. The number of furan rings is 1. The molecule has 0 unspecified atom stereocenters. The van der Waals surface area contributed by atoms with Crippen molar-refractivity contribution in [3.05, 3.63) is 82.8 Å². The van der Waals surface area contributed by atoms with Crippen molar-refractivity contribution in [2.45, 2.75) is 27.0 Å². The molecule has 162 valence electrons. The lowest BCUT2D eigenvalue weighted by molar-refractivity contribution is 0.0342. The van der Waals surface area contributed by atoms with Crippen LogP contribution in [0.3, 0.4) is 0 Å². The lowest BCUT2D eigenvalue weighted by Crippen LogP contribution is -2.35. The number of aryl methyl sites for hydroxylation is 2. The molecular weight excluding hydrogens is 392 g/mol. The topological polar surface area (TPSA) is 63.9 Å². The molecule has 1 amide bonds. The summed E-state index contributed by atoms with van der Waals surface area (Å²) in [6, 6.07) is 17.4. The monoisotopic (exact) mass is 420 g/mol. The average molecular weight is 421 g/mol. The number of anilines is 1. The predicted molar refractivity (Wildman–Crippen MR) is 119 cm³/mol. The molecular formula is C25H28N2O4. The number of carbonyl (C=O) groups is 1. The van der Waals surface area contributed by atoms with Crippen LogP contribution in [0.2, 0.25) is 0 Å². The van der Waals surface area contributed by atoms with Gasteiger partial charge < -0.3 is 19.2 Å². The number of benzene rings is 2. The Bertz CT molecular complexity index is 1040. The minimum atomic E-state index is -0.276. The van der Waals surface area contributed by atoms with Crippen LogP contribution in [0.1, 0.15) is 33.0 Å². The molecule has 2 aromatic carbocycles. The molecule has 1 fully saturated rings. The quantitative estimate of drug-likeness (QED) is 0.607. The first-order valence-corrected chi connectivity index (χ1v) is 10.6. The number of carbonyl (C=O) groups excluding carboxylic acids is 1. The Kier molecular flexibility index (Phi) is 6.70. The highest BCUT2D eigenvalue weighted by molar-refractivity contribution is 6.02. The van der Waals surface area contributed by atoms with Gasteiger partial charge in [0.25, 0.3) is 5.91 Å². The van der Waals surface area contributed by atoms with Crippen molar-refractivity contribution in [3.63, 3.8) is 0 Å². The third-order valence-corrected chi connectivity index (χ3v) is 5.29. The molecule has 1 aliphatic heterocycles. The normalized spacial score (nSPS) is 14.4. The van der Waals surface area contributed by atoms with E-state index in [1.807, 2.05) is 50.2 Å². The number of nitrogens with zero attached hydrogens (tertiary/aromatic N) is 1. The van der Waals surface area contributed by atoms with E-state index in [1.54, 1.807) is 12.1 Å². The van der Waals surface area contributed by atoms with E-state index < -0.39 is 0 Å². The number of morpholine rings is 1. The third-order valence-electron chi connectivity index (χ3n) is 5.29. The van der Waals surface area contributed by atoms with Crippen molar-refractivity contribution in [3.8, 4) is 5.75 Å². The maximum absolute atomic E-state index is 12.6. The highest BCUT2D eigenvalue weighted by Gasteiger charge is 2.14. The van der Waals surface area contributed by atoms with E-state index in [2.05, 4.69) is 16.3 Å². The molecule has 6 heteroatoms. The van der Waals surface area contributed by atoms with Crippen LogP contribution >= 0.6 is 0 Å². The largest absolute Gasteiger partial charge is 0.485 e. The van der Waals surface area contributed by atoms with E-state index >= 15 is 0 Å². The zero-order valence-corrected chi connectivity index (χ0v) is 18.0. The number of hydrogen-bond acceptors (Lipinski definition) is 5. The van der Waals surface area contributed by atoms with Crippen LogP contribution in [-0.4, -0.2) is 37.1 Å². The summed E-state index contributed by atoms with van der Waals surface area (Å²) in [7, 11) is 0. The zero-order chi connectivity index (χ0) is 21.6. The molecule has 0 saturated carbocycles. The molecule has 3 aromatic rings. The molecule has 4 rings (SSSR count). The molecule has 0 atom stereocenters. The Morgan fingerprint density at radius 2 is 1.90 bits per heavy atom. The fraction of sp³-hybridized carbons (Fsp3) is 0.320. The number of rotatable bonds is 7. The van der Waals surface area contributed by atoms with E-state index in [-0.39, 0.29) is 18.3 Å². The minimum absolute atomic E-state index is 0.262. The second kappa shape index (κ2) is 9.81. The molecule has 1 aromatic heterocycles. The van der Waals surface area contributed by atoms with Crippen molar-refractivity contribution < 1.29 is 18.7 Å². The first-order chi connectivity index (χ1) is 15.1. The number of hydrogen-bond donors (Lipinski definition) is 1. The molecule has 1 saturated heterocycles. The Labute approximate surface area is 182 Å². The highest BCUT2D eigenvalue weighted by Crippen LogP contribution is 2.21. The van der Waals surface area contributed by atoms with Gasteiger partial charge in [-0.05, 0) is 60.9 Å². The smallest absolute Gasteiger partial charge is 0.291 e. The molecule has 1 aliphatic rings. The summed E-state index contributed by atoms with van der Waals surface area (Å²) in [4.78, 5) is 15.0. The fourth-order valence-electron chi connectivity index (χ4n) is 3.55. The molecule has 31 heavy (non-hydrogen) atoms. The van der Waals surface area contributed by atoms with Crippen LogP contribution < -0.4 is 10.1 Å². The van der Waals surface area contributed by atoms with Gasteiger partial charge in [-0.1, -0.05) is 24.3 Å². The van der Waals surface area contributed by atoms with Crippen LogP contribution in [0.5, 0.6) is 5.75 Å². The van der Waals surface area contributed by atoms with E-state index in [0.717, 1.165) is 61.0 Å². The molecule has 2 heterocycles. The van der Waals surface area contributed by atoms with Gasteiger partial charge in [-0.15, -0.1) is 0 Å². The molecule has 1 N–H and O–H groups in total. The van der Waals surface area contributed by atoms with Crippen LogP contribution in [0.15, 0.2) is 59.0 Å². The van der Waals surface area contributed by atoms with E-state index in [0.29, 0.717) is 5.76 Å². The Morgan fingerprint density at radius 1 is 1.06 bits per heavy atom. The van der Waals surface area contributed by atoms with Gasteiger partial charge in [0, 0.05) is 25.3 Å². The Hall–Kier alpha value is -3.09. The summed E-state index contributed by atoms with van der Waals surface area (Å²) in [5.41, 5.74) is 4.10. The lowest BCUT2D eigenvalue weighted by atomic mass is 10.1. The maximum atomic E-state index is 12.6. The van der Waals surface area contributed by atoms with Crippen LogP contribution in [0.25, 0.3) is 0 Å². The van der Waals surface area contributed by atoms with Gasteiger partial charge in [0.15, 0.2) is 5.76 Å². The number of amides is 1. The van der Waals surface area contributed by atoms with Gasteiger partial charge >= 0.3 is 0 Å². The van der Waals surface area contributed by atoms with Gasteiger partial charge in [0.2, 0.25) is 0 Å². The summed E-state index contributed by atoms with van der Waals surface area (Å²) in [5, 5.41) is 2.92. The summed E-state index contributed by atoms with van der Waals surface area (Å²) < 4.78 is 17.0. The van der Waals surface area contributed by atoms with Gasteiger partial charge in [0.1, 0.15) is 18.1 Å². The Morgan fingerprint density at radius 3 is 2.74 bits per heavy atom. The summed E-state index contributed by atoms with van der Waals surface area (Å²) in [6.45, 7) is 8.53. The number of ether oxygens (including phenoxy) is 2.